The van der Waals surface area contributed by atoms with Gasteiger partial charge >= 0.3 is 0 Å². The van der Waals surface area contributed by atoms with Crippen molar-refractivity contribution in [1.82, 2.24) is 14.7 Å². The van der Waals surface area contributed by atoms with Crippen LogP contribution in [0.1, 0.15) is 23.4 Å². The lowest BCUT2D eigenvalue weighted by Gasteiger charge is -2.19. The lowest BCUT2D eigenvalue weighted by molar-refractivity contribution is 0.0907. The van der Waals surface area contributed by atoms with E-state index in [2.05, 4.69) is 22.1 Å². The van der Waals surface area contributed by atoms with E-state index < -0.39 is 0 Å². The molecule has 1 aromatic carbocycles. The quantitative estimate of drug-likeness (QED) is 0.827. The van der Waals surface area contributed by atoms with Crippen LogP contribution in [-0.2, 0) is 31.0 Å². The third-order valence-electron chi connectivity index (χ3n) is 3.97. The molecule has 3 rings (SSSR count). The summed E-state index contributed by atoms with van der Waals surface area (Å²) in [5, 5.41) is 13.6. The predicted molar refractivity (Wildman–Crippen MR) is 84.1 cm³/mol. The van der Waals surface area contributed by atoms with Crippen LogP contribution in [0.4, 0.5) is 0 Å². The Morgan fingerprint density at radius 3 is 2.86 bits per heavy atom. The first-order valence-corrected chi connectivity index (χ1v) is 7.85. The minimum Gasteiger partial charge on any atom is -0.390 e. The van der Waals surface area contributed by atoms with E-state index in [4.69, 9.17) is 4.74 Å². The summed E-state index contributed by atoms with van der Waals surface area (Å²) in [6.07, 6.45) is 1.08. The van der Waals surface area contributed by atoms with Gasteiger partial charge in [-0.1, -0.05) is 30.3 Å². The molecule has 0 radical (unpaired) electrons. The molecule has 5 heteroatoms. The van der Waals surface area contributed by atoms with E-state index >= 15 is 0 Å². The lowest BCUT2D eigenvalue weighted by Crippen LogP contribution is -2.27. The summed E-state index contributed by atoms with van der Waals surface area (Å²) >= 11 is 0. The number of nitrogens with zero attached hydrogens (tertiary/aromatic N) is 3. The highest BCUT2D eigenvalue weighted by atomic mass is 16.5. The Morgan fingerprint density at radius 2 is 2.05 bits per heavy atom. The van der Waals surface area contributed by atoms with Crippen LogP contribution in [0.5, 0.6) is 0 Å². The number of hydrogen-bond acceptors (Lipinski definition) is 4. The molecule has 0 fully saturated rings. The van der Waals surface area contributed by atoms with Gasteiger partial charge < -0.3 is 9.84 Å². The second-order valence-electron chi connectivity index (χ2n) is 5.68. The summed E-state index contributed by atoms with van der Waals surface area (Å²) in [5.74, 6) is 0. The molecule has 1 N–H and O–H groups in total. The molecule has 0 atom stereocenters. The largest absolute Gasteiger partial charge is 0.390 e. The van der Waals surface area contributed by atoms with Gasteiger partial charge in [-0.05, 0) is 18.1 Å². The number of aliphatic hydroxyl groups excluding tert-OH is 1. The molecule has 22 heavy (non-hydrogen) atoms. The average Bonchev–Trinajstić information content (AvgIpc) is 2.84. The van der Waals surface area contributed by atoms with Crippen molar-refractivity contribution in [2.75, 3.05) is 19.7 Å². The van der Waals surface area contributed by atoms with Gasteiger partial charge in [0.2, 0.25) is 0 Å². The van der Waals surface area contributed by atoms with Crippen LogP contribution in [0.15, 0.2) is 36.4 Å². The number of ether oxygens (including phenoxy) is 1. The molecule has 0 aliphatic carbocycles. The summed E-state index contributed by atoms with van der Waals surface area (Å²) in [6.45, 7) is 5.20. The Labute approximate surface area is 131 Å². The summed E-state index contributed by atoms with van der Waals surface area (Å²) in [6, 6.07) is 12.3. The molecule has 118 valence electrons. The third-order valence-corrected chi connectivity index (χ3v) is 3.97. The molecule has 0 bridgehead atoms. The molecular formula is C17H23N3O2. The molecule has 0 saturated heterocycles. The highest BCUT2D eigenvalue weighted by Crippen LogP contribution is 2.13. The van der Waals surface area contributed by atoms with E-state index in [1.807, 2.05) is 28.9 Å². The van der Waals surface area contributed by atoms with Crippen molar-refractivity contribution >= 4 is 0 Å². The molecule has 0 unspecified atom stereocenters. The van der Waals surface area contributed by atoms with Crippen LogP contribution in [0.2, 0.25) is 0 Å². The van der Waals surface area contributed by atoms with Gasteiger partial charge in [0, 0.05) is 26.2 Å². The predicted octanol–water partition coefficient (Wildman–Crippen LogP) is 1.80. The fourth-order valence-electron chi connectivity index (χ4n) is 2.81. The van der Waals surface area contributed by atoms with Gasteiger partial charge in [0.25, 0.3) is 0 Å². The van der Waals surface area contributed by atoms with Crippen LogP contribution >= 0.6 is 0 Å². The van der Waals surface area contributed by atoms with E-state index in [1.54, 1.807) is 0 Å². The first-order valence-electron chi connectivity index (χ1n) is 7.85. The Morgan fingerprint density at radius 1 is 1.18 bits per heavy atom. The zero-order chi connectivity index (χ0) is 15.2. The molecule has 1 aliphatic heterocycles. The third kappa shape index (κ3) is 3.94. The van der Waals surface area contributed by atoms with Crippen LogP contribution in [0, 0.1) is 0 Å². The zero-order valence-corrected chi connectivity index (χ0v) is 12.8. The minimum atomic E-state index is 0.0141. The Hall–Kier alpha value is -1.69. The monoisotopic (exact) mass is 301 g/mol. The van der Waals surface area contributed by atoms with E-state index in [-0.39, 0.29) is 6.61 Å². The normalized spacial score (nSPS) is 15.5. The van der Waals surface area contributed by atoms with Gasteiger partial charge in [-0.3, -0.25) is 9.58 Å². The number of aliphatic hydroxyl groups is 1. The number of fused-ring (bicyclic) bond motifs is 1. The van der Waals surface area contributed by atoms with Crippen molar-refractivity contribution < 1.29 is 9.84 Å². The average molecular weight is 301 g/mol. The first kappa shape index (κ1) is 15.2. The number of benzene rings is 1. The summed E-state index contributed by atoms with van der Waals surface area (Å²) in [5.41, 5.74) is 3.16. The number of rotatable bonds is 6. The van der Waals surface area contributed by atoms with Gasteiger partial charge in [-0.2, -0.15) is 5.10 Å². The first-order chi connectivity index (χ1) is 10.8. The summed E-state index contributed by atoms with van der Waals surface area (Å²) in [4.78, 5) is 2.40. The maximum absolute atomic E-state index is 9.20. The molecule has 2 heterocycles. The molecule has 1 aromatic heterocycles. The van der Waals surface area contributed by atoms with Gasteiger partial charge in [-0.25, -0.2) is 0 Å². The van der Waals surface area contributed by atoms with Crippen molar-refractivity contribution in [2.45, 2.75) is 32.7 Å². The second-order valence-corrected chi connectivity index (χ2v) is 5.68. The minimum absolute atomic E-state index is 0.0141. The van der Waals surface area contributed by atoms with E-state index in [0.29, 0.717) is 6.61 Å². The van der Waals surface area contributed by atoms with Crippen molar-refractivity contribution in [3.05, 3.63) is 53.3 Å². The van der Waals surface area contributed by atoms with Gasteiger partial charge in [-0.15, -0.1) is 0 Å². The fourth-order valence-corrected chi connectivity index (χ4v) is 2.81. The lowest BCUT2D eigenvalue weighted by atomic mass is 10.2. The Bertz CT molecular complexity index is 583. The number of hydrogen-bond donors (Lipinski definition) is 1. The van der Waals surface area contributed by atoms with Gasteiger partial charge in [0.05, 0.1) is 31.2 Å². The second kappa shape index (κ2) is 7.54. The van der Waals surface area contributed by atoms with Crippen molar-refractivity contribution in [3.8, 4) is 0 Å². The van der Waals surface area contributed by atoms with Crippen molar-refractivity contribution in [3.63, 3.8) is 0 Å². The van der Waals surface area contributed by atoms with Gasteiger partial charge in [0.1, 0.15) is 0 Å². The molecule has 0 saturated carbocycles. The van der Waals surface area contributed by atoms with Crippen LogP contribution in [0.3, 0.4) is 0 Å². The SMILES string of the molecule is OCc1cc2n(n1)CCCN(CCOCc1ccccc1)C2. The molecule has 5 nitrogen and oxygen atoms in total. The molecule has 2 aromatic rings. The smallest absolute Gasteiger partial charge is 0.0882 e. The molecule has 0 spiro atoms. The molecule has 1 aliphatic rings. The summed E-state index contributed by atoms with van der Waals surface area (Å²) < 4.78 is 7.80. The maximum Gasteiger partial charge on any atom is 0.0882 e. The maximum atomic E-state index is 9.20. The van der Waals surface area contributed by atoms with Crippen molar-refractivity contribution in [2.24, 2.45) is 0 Å². The zero-order valence-electron chi connectivity index (χ0n) is 12.8. The fraction of sp³-hybridized carbons (Fsp3) is 0.471. The Kier molecular flexibility index (Phi) is 5.21. The van der Waals surface area contributed by atoms with E-state index in [0.717, 1.165) is 44.9 Å². The highest BCUT2D eigenvalue weighted by molar-refractivity contribution is 5.13. The van der Waals surface area contributed by atoms with Crippen LogP contribution in [-0.4, -0.2) is 39.5 Å². The number of aryl methyl sites for hydroxylation is 1. The summed E-state index contributed by atoms with van der Waals surface area (Å²) in [7, 11) is 0. The highest BCUT2D eigenvalue weighted by Gasteiger charge is 2.16. The number of aromatic nitrogens is 2. The molecular weight excluding hydrogens is 278 g/mol. The topological polar surface area (TPSA) is 50.5 Å². The Balaban J connectivity index is 1.46. The standard InChI is InChI=1S/C17H23N3O2/c21-13-16-11-17-12-19(7-4-8-20(17)18-16)9-10-22-14-15-5-2-1-3-6-15/h1-3,5-6,11,21H,4,7-10,12-14H2. The van der Waals surface area contributed by atoms with Crippen molar-refractivity contribution in [1.29, 1.82) is 0 Å². The van der Waals surface area contributed by atoms with E-state index in [9.17, 15) is 5.11 Å². The van der Waals surface area contributed by atoms with E-state index in [1.165, 1.54) is 11.3 Å². The van der Waals surface area contributed by atoms with Gasteiger partial charge in [0.15, 0.2) is 0 Å². The van der Waals surface area contributed by atoms with Crippen LogP contribution in [0.25, 0.3) is 0 Å². The van der Waals surface area contributed by atoms with Crippen LogP contribution < -0.4 is 0 Å². The molecule has 0 amide bonds.